The van der Waals surface area contributed by atoms with Crippen LogP contribution in [0.2, 0.25) is 0 Å². The third-order valence-corrected chi connectivity index (χ3v) is 4.63. The molecule has 0 aliphatic rings. The molecule has 0 saturated carbocycles. The number of halogens is 2. The number of nitrogens with zero attached hydrogens (tertiary/aromatic N) is 2. The van der Waals surface area contributed by atoms with Gasteiger partial charge in [-0.25, -0.2) is 0 Å². The van der Waals surface area contributed by atoms with Crippen LogP contribution >= 0.6 is 45.2 Å². The van der Waals surface area contributed by atoms with Crippen LogP contribution in [0.4, 0.5) is 11.4 Å². The second-order valence-electron chi connectivity index (χ2n) is 4.30. The van der Waals surface area contributed by atoms with E-state index in [-0.39, 0.29) is 0 Å². The van der Waals surface area contributed by atoms with Crippen LogP contribution < -0.4 is 0 Å². The van der Waals surface area contributed by atoms with Gasteiger partial charge in [-0.05, 0) is 83.3 Å². The second-order valence-corrected chi connectivity index (χ2v) is 6.62. The number of hydrogen-bond acceptors (Lipinski definition) is 2. The average molecular weight is 488 g/mol. The van der Waals surface area contributed by atoms with Crippen LogP contribution in [0.3, 0.4) is 0 Å². The first-order valence-corrected chi connectivity index (χ1v) is 8.33. The first-order chi connectivity index (χ1) is 9.58. The number of para-hydroxylation sites is 2. The molecule has 2 rings (SSSR count). The Balaban J connectivity index is 2.32. The van der Waals surface area contributed by atoms with Gasteiger partial charge in [0, 0.05) is 7.14 Å². The molecule has 0 aromatic heterocycles. The van der Waals surface area contributed by atoms with E-state index in [9.17, 15) is 0 Å². The van der Waals surface area contributed by atoms with E-state index in [4.69, 9.17) is 0 Å². The van der Waals surface area contributed by atoms with Gasteiger partial charge in [-0.2, -0.15) is 0 Å². The van der Waals surface area contributed by atoms with Crippen LogP contribution in [0, 0.1) is 7.14 Å². The van der Waals surface area contributed by atoms with Crippen LogP contribution in [0.15, 0.2) is 58.5 Å². The maximum absolute atomic E-state index is 4.66. The molecule has 0 aliphatic heterocycles. The van der Waals surface area contributed by atoms with E-state index in [1.807, 2.05) is 50.2 Å². The predicted molar refractivity (Wildman–Crippen MR) is 104 cm³/mol. The van der Waals surface area contributed by atoms with Crippen molar-refractivity contribution in [3.63, 3.8) is 0 Å². The molecule has 0 heterocycles. The van der Waals surface area contributed by atoms with Crippen molar-refractivity contribution in [2.75, 3.05) is 0 Å². The molecule has 2 nitrogen and oxygen atoms in total. The minimum Gasteiger partial charge on any atom is -0.251 e. The van der Waals surface area contributed by atoms with E-state index in [1.165, 1.54) is 0 Å². The average Bonchev–Trinajstić information content (AvgIpc) is 2.43. The maximum atomic E-state index is 4.66. The van der Waals surface area contributed by atoms with Gasteiger partial charge in [0.25, 0.3) is 0 Å². The number of benzene rings is 2. The largest absolute Gasteiger partial charge is 0.251 e. The second kappa shape index (κ2) is 7.31. The summed E-state index contributed by atoms with van der Waals surface area (Å²) in [6.45, 7) is 4.00. The molecule has 0 N–H and O–H groups in total. The third-order valence-electron chi connectivity index (χ3n) is 2.80. The number of hydrogen-bond donors (Lipinski definition) is 0. The molecule has 0 spiro atoms. The van der Waals surface area contributed by atoms with Gasteiger partial charge in [-0.1, -0.05) is 24.3 Å². The molecule has 0 atom stereocenters. The van der Waals surface area contributed by atoms with Crippen molar-refractivity contribution in [1.82, 2.24) is 0 Å². The normalized spacial score (nSPS) is 12.6. The van der Waals surface area contributed by atoms with Crippen molar-refractivity contribution in [2.24, 2.45) is 9.98 Å². The molecule has 0 unspecified atom stereocenters. The summed E-state index contributed by atoms with van der Waals surface area (Å²) in [5.74, 6) is 0. The van der Waals surface area contributed by atoms with E-state index in [1.54, 1.807) is 0 Å². The zero-order valence-corrected chi connectivity index (χ0v) is 15.6. The van der Waals surface area contributed by atoms with Crippen LogP contribution in [-0.2, 0) is 0 Å². The van der Waals surface area contributed by atoms with Gasteiger partial charge in [-0.15, -0.1) is 0 Å². The Morgan fingerprint density at radius 2 is 1.05 bits per heavy atom. The monoisotopic (exact) mass is 488 g/mol. The SMILES string of the molecule is CC(=Nc1ccccc1I)C(C)=Nc1ccccc1I. The zero-order chi connectivity index (χ0) is 14.5. The summed E-state index contributed by atoms with van der Waals surface area (Å²) in [6, 6.07) is 16.2. The van der Waals surface area contributed by atoms with Gasteiger partial charge in [0.05, 0.1) is 22.8 Å². The van der Waals surface area contributed by atoms with E-state index >= 15 is 0 Å². The van der Waals surface area contributed by atoms with Crippen LogP contribution in [0.25, 0.3) is 0 Å². The van der Waals surface area contributed by atoms with Crippen molar-refractivity contribution < 1.29 is 0 Å². The smallest absolute Gasteiger partial charge is 0.0766 e. The summed E-state index contributed by atoms with van der Waals surface area (Å²) in [5, 5.41) is 0. The summed E-state index contributed by atoms with van der Waals surface area (Å²) < 4.78 is 2.29. The molecule has 0 radical (unpaired) electrons. The Hall–Kier alpha value is -0.760. The lowest BCUT2D eigenvalue weighted by Gasteiger charge is -2.04. The van der Waals surface area contributed by atoms with Crippen molar-refractivity contribution in [1.29, 1.82) is 0 Å². The lowest BCUT2D eigenvalue weighted by molar-refractivity contribution is 1.45. The fraction of sp³-hybridized carbons (Fsp3) is 0.125. The molecular weight excluding hydrogens is 474 g/mol. The van der Waals surface area contributed by atoms with Crippen LogP contribution in [0.1, 0.15) is 13.8 Å². The lowest BCUT2D eigenvalue weighted by atomic mass is 10.2. The Bertz CT molecular complexity index is 616. The summed E-state index contributed by atoms with van der Waals surface area (Å²) in [7, 11) is 0. The highest BCUT2D eigenvalue weighted by Crippen LogP contribution is 2.22. The molecule has 4 heteroatoms. The molecule has 20 heavy (non-hydrogen) atoms. The molecule has 2 aromatic rings. The molecule has 2 aromatic carbocycles. The topological polar surface area (TPSA) is 24.7 Å². The van der Waals surface area contributed by atoms with Crippen molar-refractivity contribution in [3.8, 4) is 0 Å². The van der Waals surface area contributed by atoms with E-state index in [0.717, 1.165) is 29.9 Å². The first-order valence-electron chi connectivity index (χ1n) is 6.18. The van der Waals surface area contributed by atoms with Gasteiger partial charge < -0.3 is 0 Å². The Morgan fingerprint density at radius 3 is 1.40 bits per heavy atom. The first kappa shape index (κ1) is 15.6. The van der Waals surface area contributed by atoms with Crippen molar-refractivity contribution in [2.45, 2.75) is 13.8 Å². The Labute approximate surface area is 146 Å². The molecule has 102 valence electrons. The Morgan fingerprint density at radius 1 is 0.700 bits per heavy atom. The van der Waals surface area contributed by atoms with Gasteiger partial charge in [0.15, 0.2) is 0 Å². The molecule has 0 saturated heterocycles. The van der Waals surface area contributed by atoms with E-state index in [0.29, 0.717) is 0 Å². The predicted octanol–water partition coefficient (Wildman–Crippen LogP) is 5.78. The summed E-state index contributed by atoms with van der Waals surface area (Å²) in [6.07, 6.45) is 0. The number of aliphatic imine (C=N–C) groups is 2. The quantitative estimate of drug-likeness (QED) is 0.387. The maximum Gasteiger partial charge on any atom is 0.0766 e. The van der Waals surface area contributed by atoms with Gasteiger partial charge in [0.2, 0.25) is 0 Å². The summed E-state index contributed by atoms with van der Waals surface area (Å²) >= 11 is 4.60. The van der Waals surface area contributed by atoms with Crippen LogP contribution in [0.5, 0.6) is 0 Å². The van der Waals surface area contributed by atoms with Crippen molar-refractivity contribution in [3.05, 3.63) is 55.7 Å². The van der Waals surface area contributed by atoms with Crippen molar-refractivity contribution >= 4 is 68.0 Å². The molecule has 0 amide bonds. The van der Waals surface area contributed by atoms with Gasteiger partial charge in [-0.3, -0.25) is 9.98 Å². The standard InChI is InChI=1S/C16H14I2N2/c1-11(19-15-9-5-3-7-13(15)17)12(2)20-16-10-6-4-8-14(16)18/h3-10H,1-2H3. The lowest BCUT2D eigenvalue weighted by Crippen LogP contribution is -2.04. The third kappa shape index (κ3) is 4.12. The fourth-order valence-electron chi connectivity index (χ4n) is 1.61. The minimum atomic E-state index is 0.939. The molecule has 0 bridgehead atoms. The zero-order valence-electron chi connectivity index (χ0n) is 11.3. The highest BCUT2D eigenvalue weighted by Gasteiger charge is 2.02. The van der Waals surface area contributed by atoms with E-state index < -0.39 is 0 Å². The van der Waals surface area contributed by atoms with E-state index in [2.05, 4.69) is 67.3 Å². The minimum absolute atomic E-state index is 0.939. The van der Waals surface area contributed by atoms with Gasteiger partial charge >= 0.3 is 0 Å². The molecular formula is C16H14I2N2. The Kier molecular flexibility index (Phi) is 5.71. The van der Waals surface area contributed by atoms with Gasteiger partial charge in [0.1, 0.15) is 0 Å². The summed E-state index contributed by atoms with van der Waals surface area (Å²) in [5.41, 5.74) is 3.85. The summed E-state index contributed by atoms with van der Waals surface area (Å²) in [4.78, 5) is 9.32. The molecule has 0 aliphatic carbocycles. The fourth-order valence-corrected chi connectivity index (χ4v) is 2.62. The molecule has 0 fully saturated rings. The van der Waals surface area contributed by atoms with Crippen LogP contribution in [-0.4, -0.2) is 11.4 Å². The number of rotatable bonds is 3. The highest BCUT2D eigenvalue weighted by molar-refractivity contribution is 14.1. The highest BCUT2D eigenvalue weighted by atomic mass is 127.